The van der Waals surface area contributed by atoms with Crippen LogP contribution in [0.1, 0.15) is 26.3 Å². The van der Waals surface area contributed by atoms with Crippen molar-refractivity contribution in [2.45, 2.75) is 32.9 Å². The van der Waals surface area contributed by atoms with E-state index in [4.69, 9.17) is 23.2 Å². The lowest BCUT2D eigenvalue weighted by molar-refractivity contribution is 0.303. The standard InChI is InChI=1S/C14H22Cl2N2/c1-14(2,3)17-7-8-18(4)10-11-5-6-12(15)13(16)9-11/h5-6,9,17H,7-8,10H2,1-4H3. The highest BCUT2D eigenvalue weighted by molar-refractivity contribution is 6.42. The largest absolute Gasteiger partial charge is 0.311 e. The van der Waals surface area contributed by atoms with Crippen molar-refractivity contribution in [3.05, 3.63) is 33.8 Å². The molecule has 1 N–H and O–H groups in total. The summed E-state index contributed by atoms with van der Waals surface area (Å²) < 4.78 is 0. The van der Waals surface area contributed by atoms with Gasteiger partial charge in [0.15, 0.2) is 0 Å². The number of hydrogen-bond donors (Lipinski definition) is 1. The molecular formula is C14H22Cl2N2. The maximum absolute atomic E-state index is 6.00. The molecule has 0 spiro atoms. The van der Waals surface area contributed by atoms with Crippen LogP contribution in [0, 0.1) is 0 Å². The Morgan fingerprint density at radius 2 is 1.83 bits per heavy atom. The molecule has 0 saturated carbocycles. The first-order valence-electron chi connectivity index (χ1n) is 6.15. The molecule has 0 aliphatic rings. The Labute approximate surface area is 120 Å². The zero-order valence-electron chi connectivity index (χ0n) is 11.6. The first kappa shape index (κ1) is 15.8. The van der Waals surface area contributed by atoms with E-state index < -0.39 is 0 Å². The van der Waals surface area contributed by atoms with Gasteiger partial charge < -0.3 is 10.2 Å². The molecule has 0 aromatic heterocycles. The number of nitrogens with one attached hydrogen (secondary N) is 1. The molecule has 102 valence electrons. The van der Waals surface area contributed by atoms with Gasteiger partial charge in [0.2, 0.25) is 0 Å². The van der Waals surface area contributed by atoms with Crippen LogP contribution in [-0.2, 0) is 6.54 Å². The van der Waals surface area contributed by atoms with Gasteiger partial charge in [-0.15, -0.1) is 0 Å². The fraction of sp³-hybridized carbons (Fsp3) is 0.571. The van der Waals surface area contributed by atoms with E-state index in [0.29, 0.717) is 10.0 Å². The number of hydrogen-bond acceptors (Lipinski definition) is 2. The van der Waals surface area contributed by atoms with Crippen LogP contribution in [0.3, 0.4) is 0 Å². The van der Waals surface area contributed by atoms with Gasteiger partial charge in [0.1, 0.15) is 0 Å². The van der Waals surface area contributed by atoms with Crippen LogP contribution >= 0.6 is 23.2 Å². The summed E-state index contributed by atoms with van der Waals surface area (Å²) in [4.78, 5) is 2.26. The minimum absolute atomic E-state index is 0.171. The van der Waals surface area contributed by atoms with Crippen LogP contribution in [0.25, 0.3) is 0 Å². The lowest BCUT2D eigenvalue weighted by Crippen LogP contribution is -2.40. The minimum Gasteiger partial charge on any atom is -0.311 e. The number of halogens is 2. The number of rotatable bonds is 5. The van der Waals surface area contributed by atoms with Gasteiger partial charge in [-0.2, -0.15) is 0 Å². The van der Waals surface area contributed by atoms with E-state index in [1.54, 1.807) is 0 Å². The van der Waals surface area contributed by atoms with Crippen LogP contribution in [0.2, 0.25) is 10.0 Å². The predicted octanol–water partition coefficient (Wildman–Crippen LogP) is 3.81. The van der Waals surface area contributed by atoms with Gasteiger partial charge >= 0.3 is 0 Å². The van der Waals surface area contributed by atoms with E-state index in [0.717, 1.165) is 19.6 Å². The maximum Gasteiger partial charge on any atom is 0.0595 e. The highest BCUT2D eigenvalue weighted by atomic mass is 35.5. The number of nitrogens with zero attached hydrogens (tertiary/aromatic N) is 1. The van der Waals surface area contributed by atoms with E-state index in [9.17, 15) is 0 Å². The summed E-state index contributed by atoms with van der Waals surface area (Å²) in [5.74, 6) is 0. The van der Waals surface area contributed by atoms with Crippen molar-refractivity contribution < 1.29 is 0 Å². The molecule has 0 fully saturated rings. The molecule has 2 nitrogen and oxygen atoms in total. The zero-order valence-corrected chi connectivity index (χ0v) is 13.1. The highest BCUT2D eigenvalue weighted by Crippen LogP contribution is 2.22. The van der Waals surface area contributed by atoms with E-state index in [1.165, 1.54) is 5.56 Å². The third kappa shape index (κ3) is 6.05. The van der Waals surface area contributed by atoms with Gasteiger partial charge in [-0.1, -0.05) is 29.3 Å². The lowest BCUT2D eigenvalue weighted by Gasteiger charge is -2.23. The van der Waals surface area contributed by atoms with Gasteiger partial charge in [-0.25, -0.2) is 0 Å². The minimum atomic E-state index is 0.171. The van der Waals surface area contributed by atoms with Gasteiger partial charge in [0.25, 0.3) is 0 Å². The van der Waals surface area contributed by atoms with Crippen molar-refractivity contribution in [1.82, 2.24) is 10.2 Å². The molecule has 0 heterocycles. The second-order valence-corrected chi connectivity index (χ2v) is 6.48. The average molecular weight is 289 g/mol. The Morgan fingerprint density at radius 1 is 1.17 bits per heavy atom. The maximum atomic E-state index is 6.00. The Morgan fingerprint density at radius 3 is 2.39 bits per heavy atom. The van der Waals surface area contributed by atoms with Crippen molar-refractivity contribution >= 4 is 23.2 Å². The van der Waals surface area contributed by atoms with Crippen LogP contribution in [-0.4, -0.2) is 30.6 Å². The summed E-state index contributed by atoms with van der Waals surface area (Å²) in [6.45, 7) is 9.37. The monoisotopic (exact) mass is 288 g/mol. The van der Waals surface area contributed by atoms with Gasteiger partial charge in [-0.05, 0) is 45.5 Å². The van der Waals surface area contributed by atoms with Crippen LogP contribution in [0.4, 0.5) is 0 Å². The first-order valence-corrected chi connectivity index (χ1v) is 6.91. The molecule has 0 radical (unpaired) electrons. The summed E-state index contributed by atoms with van der Waals surface area (Å²) in [6.07, 6.45) is 0. The third-order valence-corrected chi connectivity index (χ3v) is 3.32. The quantitative estimate of drug-likeness (QED) is 0.886. The lowest BCUT2D eigenvalue weighted by atomic mass is 10.1. The average Bonchev–Trinajstić information content (AvgIpc) is 2.21. The van der Waals surface area contributed by atoms with E-state index >= 15 is 0 Å². The van der Waals surface area contributed by atoms with Crippen molar-refractivity contribution in [2.24, 2.45) is 0 Å². The van der Waals surface area contributed by atoms with Crippen LogP contribution in [0.15, 0.2) is 18.2 Å². The van der Waals surface area contributed by atoms with Crippen LogP contribution in [0.5, 0.6) is 0 Å². The summed E-state index contributed by atoms with van der Waals surface area (Å²) in [5.41, 5.74) is 1.35. The topological polar surface area (TPSA) is 15.3 Å². The summed E-state index contributed by atoms with van der Waals surface area (Å²) in [7, 11) is 2.10. The first-order chi connectivity index (χ1) is 8.28. The van der Waals surface area contributed by atoms with Crippen molar-refractivity contribution in [3.63, 3.8) is 0 Å². The van der Waals surface area contributed by atoms with Gasteiger partial charge in [0, 0.05) is 25.2 Å². The number of likely N-dealkylation sites (N-methyl/N-ethyl adjacent to an activating group) is 1. The molecule has 18 heavy (non-hydrogen) atoms. The Balaban J connectivity index is 2.40. The van der Waals surface area contributed by atoms with E-state index in [-0.39, 0.29) is 5.54 Å². The van der Waals surface area contributed by atoms with E-state index in [2.05, 4.69) is 38.0 Å². The Bertz CT molecular complexity index is 386. The molecule has 1 aromatic carbocycles. The van der Waals surface area contributed by atoms with E-state index in [1.807, 2.05) is 18.2 Å². The molecule has 4 heteroatoms. The molecule has 0 unspecified atom stereocenters. The number of benzene rings is 1. The molecule has 0 saturated heterocycles. The van der Waals surface area contributed by atoms with Crippen molar-refractivity contribution in [3.8, 4) is 0 Å². The molecule has 1 aromatic rings. The third-order valence-electron chi connectivity index (χ3n) is 2.59. The van der Waals surface area contributed by atoms with Crippen LogP contribution < -0.4 is 5.32 Å². The van der Waals surface area contributed by atoms with Gasteiger partial charge in [0.05, 0.1) is 10.0 Å². The SMILES string of the molecule is CN(CCNC(C)(C)C)Cc1ccc(Cl)c(Cl)c1. The fourth-order valence-electron chi connectivity index (χ4n) is 1.65. The summed E-state index contributed by atoms with van der Waals surface area (Å²) in [5, 5.41) is 4.70. The molecule has 1 rings (SSSR count). The summed E-state index contributed by atoms with van der Waals surface area (Å²) >= 11 is 11.9. The van der Waals surface area contributed by atoms with Gasteiger partial charge in [-0.3, -0.25) is 0 Å². The molecular weight excluding hydrogens is 267 g/mol. The fourth-order valence-corrected chi connectivity index (χ4v) is 1.97. The van der Waals surface area contributed by atoms with Crippen molar-refractivity contribution in [2.75, 3.05) is 20.1 Å². The zero-order chi connectivity index (χ0) is 13.8. The molecule has 0 amide bonds. The second kappa shape index (κ2) is 6.76. The molecule has 0 bridgehead atoms. The summed E-state index contributed by atoms with van der Waals surface area (Å²) in [6, 6.07) is 5.79. The normalized spacial score (nSPS) is 12.2. The van der Waals surface area contributed by atoms with Crippen molar-refractivity contribution in [1.29, 1.82) is 0 Å². The predicted molar refractivity (Wildman–Crippen MR) is 80.6 cm³/mol. The second-order valence-electron chi connectivity index (χ2n) is 5.66. The molecule has 0 aliphatic carbocycles. The molecule has 0 aliphatic heterocycles. The Hall–Kier alpha value is -0.280. The molecule has 0 atom stereocenters. The highest BCUT2D eigenvalue weighted by Gasteiger charge is 2.09. The smallest absolute Gasteiger partial charge is 0.0595 e. The Kier molecular flexibility index (Phi) is 5.93.